The molecule has 3 aromatic carbocycles. The highest BCUT2D eigenvalue weighted by Gasteiger charge is 2.14. The van der Waals surface area contributed by atoms with Crippen molar-refractivity contribution < 1.29 is 17.9 Å². The molecule has 0 saturated carbocycles. The van der Waals surface area contributed by atoms with Gasteiger partial charge < -0.3 is 4.74 Å². The minimum absolute atomic E-state index is 0.0268. The monoisotopic (exact) mass is 537 g/mol. The van der Waals surface area contributed by atoms with E-state index in [0.29, 0.717) is 27.4 Å². The summed E-state index contributed by atoms with van der Waals surface area (Å²) in [6.07, 6.45) is 1.50. The quantitative estimate of drug-likeness (QED) is 0.144. The van der Waals surface area contributed by atoms with E-state index < -0.39 is 10.0 Å². The normalized spacial score (nSPS) is 11.6. The van der Waals surface area contributed by atoms with E-state index in [2.05, 4.69) is 15.5 Å². The predicted octanol–water partition coefficient (Wildman–Crippen LogP) is 2.34. The first kappa shape index (κ1) is 26.1. The molecule has 10 nitrogen and oxygen atoms in total. The lowest BCUT2D eigenvalue weighted by Gasteiger charge is -2.13. The second-order valence-electron chi connectivity index (χ2n) is 7.85. The number of carbonyl (C=O) groups is 1. The number of hydrazone groups is 1. The first-order valence-electron chi connectivity index (χ1n) is 10.9. The number of para-hydroxylation sites is 1. The molecule has 0 aliphatic rings. The number of methoxy groups -OCH3 is 1. The number of thioether (sulfide) groups is 1. The Morgan fingerprint density at radius 1 is 1.14 bits per heavy atom. The van der Waals surface area contributed by atoms with Gasteiger partial charge in [-0.05, 0) is 47.5 Å². The molecule has 0 unspecified atom stereocenters. The average molecular weight is 538 g/mol. The van der Waals surface area contributed by atoms with Crippen LogP contribution in [0.1, 0.15) is 11.1 Å². The number of nitrogens with two attached hydrogens (primary N) is 1. The van der Waals surface area contributed by atoms with E-state index in [9.17, 15) is 18.0 Å². The molecule has 0 aliphatic heterocycles. The fraction of sp³-hybridized carbons (Fsp3) is 0.120. The number of rotatable bonds is 9. The molecule has 4 rings (SSSR count). The van der Waals surface area contributed by atoms with Crippen molar-refractivity contribution in [1.29, 1.82) is 0 Å². The van der Waals surface area contributed by atoms with E-state index in [1.54, 1.807) is 55.6 Å². The van der Waals surface area contributed by atoms with Gasteiger partial charge >= 0.3 is 0 Å². The lowest BCUT2D eigenvalue weighted by molar-refractivity contribution is -0.118. The van der Waals surface area contributed by atoms with Gasteiger partial charge in [-0.1, -0.05) is 48.2 Å². The van der Waals surface area contributed by atoms with E-state index >= 15 is 0 Å². The molecule has 0 bridgehead atoms. The zero-order valence-electron chi connectivity index (χ0n) is 19.7. The van der Waals surface area contributed by atoms with Gasteiger partial charge in [-0.15, -0.1) is 0 Å². The molecule has 37 heavy (non-hydrogen) atoms. The van der Waals surface area contributed by atoms with Gasteiger partial charge in [0.1, 0.15) is 5.75 Å². The molecule has 3 N–H and O–H groups in total. The Kier molecular flexibility index (Phi) is 8.01. The largest absolute Gasteiger partial charge is 0.497 e. The Morgan fingerprint density at radius 2 is 1.89 bits per heavy atom. The minimum Gasteiger partial charge on any atom is -0.497 e. The molecule has 0 aliphatic carbocycles. The molecule has 0 saturated heterocycles. The van der Waals surface area contributed by atoms with Crippen LogP contribution in [0.5, 0.6) is 5.75 Å². The maximum Gasteiger partial charge on any atom is 0.262 e. The Hall–Kier alpha value is -4.00. The van der Waals surface area contributed by atoms with Gasteiger partial charge in [0, 0.05) is 0 Å². The maximum absolute atomic E-state index is 13.3. The van der Waals surface area contributed by atoms with Crippen molar-refractivity contribution in [3.63, 3.8) is 0 Å². The summed E-state index contributed by atoms with van der Waals surface area (Å²) in [6, 6.07) is 20.1. The Morgan fingerprint density at radius 3 is 2.62 bits per heavy atom. The lowest BCUT2D eigenvalue weighted by atomic mass is 10.2. The van der Waals surface area contributed by atoms with E-state index in [4.69, 9.17) is 9.88 Å². The van der Waals surface area contributed by atoms with Crippen molar-refractivity contribution in [3.05, 3.63) is 94.3 Å². The minimum atomic E-state index is -3.83. The molecule has 0 spiro atoms. The van der Waals surface area contributed by atoms with Crippen molar-refractivity contribution in [3.8, 4) is 5.75 Å². The summed E-state index contributed by atoms with van der Waals surface area (Å²) in [5.74, 6) is 0.256. The SMILES string of the molecule is COc1cccc(/C=N/NC(=O)CSc2nc3ccccc3c(=O)n2Cc2ccc(S(N)(=O)=O)cc2)c1. The highest BCUT2D eigenvalue weighted by molar-refractivity contribution is 7.99. The number of hydrogen-bond acceptors (Lipinski definition) is 8. The molecule has 0 radical (unpaired) electrons. The molecule has 190 valence electrons. The van der Waals surface area contributed by atoms with Crippen LogP contribution in [0.2, 0.25) is 0 Å². The lowest BCUT2D eigenvalue weighted by Crippen LogP contribution is -2.25. The van der Waals surface area contributed by atoms with Crippen LogP contribution in [-0.4, -0.2) is 43.0 Å². The van der Waals surface area contributed by atoms with Crippen molar-refractivity contribution >= 4 is 44.8 Å². The molecule has 1 aromatic heterocycles. The molecule has 1 heterocycles. The van der Waals surface area contributed by atoms with Gasteiger partial charge in [-0.3, -0.25) is 14.2 Å². The molecule has 12 heteroatoms. The number of aromatic nitrogens is 2. The molecule has 0 fully saturated rings. The van der Waals surface area contributed by atoms with E-state index in [0.717, 1.165) is 17.3 Å². The predicted molar refractivity (Wildman–Crippen MR) is 142 cm³/mol. The summed E-state index contributed by atoms with van der Waals surface area (Å²) in [5.41, 5.74) is 4.12. The summed E-state index contributed by atoms with van der Waals surface area (Å²) in [6.45, 7) is 0.125. The van der Waals surface area contributed by atoms with Gasteiger partial charge in [0.25, 0.3) is 11.5 Å². The number of amides is 1. The third-order valence-corrected chi connectivity index (χ3v) is 7.15. The number of nitrogens with one attached hydrogen (secondary N) is 1. The Labute approximate surface area is 217 Å². The van der Waals surface area contributed by atoms with Gasteiger partial charge in [0.15, 0.2) is 5.16 Å². The van der Waals surface area contributed by atoms with Crippen LogP contribution in [0.15, 0.2) is 92.7 Å². The standard InChI is InChI=1S/C25H23N5O5S2/c1-35-19-6-4-5-18(13-19)14-27-29-23(31)16-36-25-28-22-8-3-2-7-21(22)24(32)30(25)15-17-9-11-20(12-10-17)37(26,33)34/h2-14H,15-16H2,1H3,(H,29,31)(H2,26,33,34)/b27-14+. The summed E-state index contributed by atoms with van der Waals surface area (Å²) in [5, 5.41) is 9.91. The summed E-state index contributed by atoms with van der Waals surface area (Å²) in [4.78, 5) is 30.2. The van der Waals surface area contributed by atoms with Gasteiger partial charge in [0.2, 0.25) is 10.0 Å². The van der Waals surface area contributed by atoms with Crippen LogP contribution in [0, 0.1) is 0 Å². The number of hydrogen-bond donors (Lipinski definition) is 2. The summed E-state index contributed by atoms with van der Waals surface area (Å²) >= 11 is 1.09. The second kappa shape index (κ2) is 11.4. The van der Waals surface area contributed by atoms with E-state index in [1.165, 1.54) is 22.9 Å². The fourth-order valence-corrected chi connectivity index (χ4v) is 4.73. The highest BCUT2D eigenvalue weighted by atomic mass is 32.2. The second-order valence-corrected chi connectivity index (χ2v) is 10.4. The summed E-state index contributed by atoms with van der Waals surface area (Å²) in [7, 11) is -2.27. The van der Waals surface area contributed by atoms with Crippen molar-refractivity contribution in [1.82, 2.24) is 15.0 Å². The van der Waals surface area contributed by atoms with Crippen LogP contribution in [-0.2, 0) is 21.4 Å². The first-order chi connectivity index (χ1) is 17.7. The number of fused-ring (bicyclic) bond motifs is 1. The number of carbonyl (C=O) groups excluding carboxylic acids is 1. The molecule has 4 aromatic rings. The van der Waals surface area contributed by atoms with Crippen LogP contribution >= 0.6 is 11.8 Å². The van der Waals surface area contributed by atoms with Crippen LogP contribution in [0.4, 0.5) is 0 Å². The number of nitrogens with zero attached hydrogens (tertiary/aromatic N) is 3. The third-order valence-electron chi connectivity index (χ3n) is 5.25. The number of sulfonamides is 1. The molecule has 0 atom stereocenters. The first-order valence-corrected chi connectivity index (χ1v) is 13.5. The highest BCUT2D eigenvalue weighted by Crippen LogP contribution is 2.19. The molecule has 1 amide bonds. The number of primary sulfonamides is 1. The van der Waals surface area contributed by atoms with Gasteiger partial charge in [-0.25, -0.2) is 24.0 Å². The Bertz CT molecular complexity index is 1630. The third kappa shape index (κ3) is 6.61. The Balaban J connectivity index is 1.53. The van der Waals surface area contributed by atoms with E-state index in [1.807, 2.05) is 12.1 Å². The number of ether oxygens (including phenoxy) is 1. The maximum atomic E-state index is 13.3. The van der Waals surface area contributed by atoms with Crippen molar-refractivity contribution in [2.24, 2.45) is 10.2 Å². The average Bonchev–Trinajstić information content (AvgIpc) is 2.89. The van der Waals surface area contributed by atoms with E-state index in [-0.39, 0.29) is 28.7 Å². The van der Waals surface area contributed by atoms with Crippen LogP contribution < -0.4 is 20.9 Å². The molecular formula is C25H23N5O5S2. The smallest absolute Gasteiger partial charge is 0.262 e. The fourth-order valence-electron chi connectivity index (χ4n) is 3.43. The van der Waals surface area contributed by atoms with Crippen molar-refractivity contribution in [2.75, 3.05) is 12.9 Å². The van der Waals surface area contributed by atoms with Crippen molar-refractivity contribution in [2.45, 2.75) is 16.6 Å². The van der Waals surface area contributed by atoms with Crippen LogP contribution in [0.25, 0.3) is 10.9 Å². The summed E-state index contributed by atoms with van der Waals surface area (Å²) < 4.78 is 29.7. The van der Waals surface area contributed by atoms with Gasteiger partial charge in [0.05, 0.1) is 41.4 Å². The topological polar surface area (TPSA) is 146 Å². The van der Waals surface area contributed by atoms with Crippen LogP contribution in [0.3, 0.4) is 0 Å². The number of benzene rings is 3. The zero-order chi connectivity index (χ0) is 26.4. The zero-order valence-corrected chi connectivity index (χ0v) is 21.3. The molecular weight excluding hydrogens is 514 g/mol. The van der Waals surface area contributed by atoms with Gasteiger partial charge in [-0.2, -0.15) is 5.10 Å².